The van der Waals surface area contributed by atoms with E-state index in [-0.39, 0.29) is 0 Å². The Balaban J connectivity index is 1.23. The summed E-state index contributed by atoms with van der Waals surface area (Å²) in [5.41, 5.74) is 9.44. The Labute approximate surface area is 222 Å². The smallest absolute Gasteiger partial charge is 0.164 e. The molecule has 1 saturated carbocycles. The number of aromatic nitrogens is 4. The van der Waals surface area contributed by atoms with Crippen molar-refractivity contribution in [3.8, 4) is 28.8 Å². The van der Waals surface area contributed by atoms with Gasteiger partial charge in [-0.2, -0.15) is 10.4 Å². The fraction of sp³-hybridized carbons (Fsp3) is 0.379. The third-order valence-electron chi connectivity index (χ3n) is 7.91. The van der Waals surface area contributed by atoms with Crippen LogP contribution >= 0.6 is 0 Å². The zero-order valence-corrected chi connectivity index (χ0v) is 21.6. The zero-order valence-electron chi connectivity index (χ0n) is 21.6. The average Bonchev–Trinajstić information content (AvgIpc) is 3.35. The molecule has 38 heavy (non-hydrogen) atoms. The second kappa shape index (κ2) is 10.4. The largest absolute Gasteiger partial charge is 0.457 e. The third kappa shape index (κ3) is 4.80. The lowest BCUT2D eigenvalue weighted by molar-refractivity contribution is 0.0815. The summed E-state index contributed by atoms with van der Waals surface area (Å²) in [7, 11) is 2.21. The van der Waals surface area contributed by atoms with E-state index < -0.39 is 0 Å². The lowest BCUT2D eigenvalue weighted by atomic mass is 9.90. The Bertz CT molecular complexity index is 1460. The van der Waals surface area contributed by atoms with Gasteiger partial charge in [0.15, 0.2) is 5.65 Å². The van der Waals surface area contributed by atoms with Crippen LogP contribution in [0.25, 0.3) is 22.3 Å². The van der Waals surface area contributed by atoms with Gasteiger partial charge < -0.3 is 15.4 Å². The fourth-order valence-corrected chi connectivity index (χ4v) is 5.75. The van der Waals surface area contributed by atoms with Gasteiger partial charge >= 0.3 is 0 Å². The summed E-state index contributed by atoms with van der Waals surface area (Å²) in [5.74, 6) is 1.74. The Hall–Kier alpha value is -4.00. The standard InChI is InChI=1S/C29H32N8O/c1-35-13-15-36(16-14-35)22-7-9-23(10-8-22)37-29-26(28(31)32-19-33-29)27(34-37)21-5-11-24(12-6-21)38-25-4-2-3-20(17-25)18-30/h2-6,11-12,17,19,22-23H,7-10,13-16H2,1H3,(H2,31,32,33). The first-order valence-electron chi connectivity index (χ1n) is 13.3. The number of ether oxygens (including phenoxy) is 1. The summed E-state index contributed by atoms with van der Waals surface area (Å²) >= 11 is 0. The highest BCUT2D eigenvalue weighted by Gasteiger charge is 2.30. The van der Waals surface area contributed by atoms with E-state index >= 15 is 0 Å². The van der Waals surface area contributed by atoms with E-state index in [0.29, 0.717) is 35.0 Å². The number of hydrogen-bond donors (Lipinski definition) is 1. The monoisotopic (exact) mass is 508 g/mol. The SMILES string of the molecule is CN1CCN(C2CCC(n3nc(-c4ccc(Oc5cccc(C#N)c5)cc4)c4c(N)ncnc43)CC2)CC1. The van der Waals surface area contributed by atoms with E-state index in [2.05, 4.69) is 37.6 Å². The molecule has 2 aliphatic rings. The van der Waals surface area contributed by atoms with Gasteiger partial charge in [-0.3, -0.25) is 4.90 Å². The number of rotatable bonds is 5. The van der Waals surface area contributed by atoms with E-state index in [1.807, 2.05) is 36.4 Å². The third-order valence-corrected chi connectivity index (χ3v) is 7.91. The zero-order chi connectivity index (χ0) is 26.1. The molecule has 2 N–H and O–H groups in total. The number of nitrogens with zero attached hydrogens (tertiary/aromatic N) is 7. The number of nitriles is 1. The lowest BCUT2D eigenvalue weighted by Gasteiger charge is -2.41. The van der Waals surface area contributed by atoms with Crippen LogP contribution in [0.1, 0.15) is 37.3 Å². The Kier molecular flexibility index (Phi) is 6.66. The maximum Gasteiger partial charge on any atom is 0.164 e. The maximum atomic E-state index is 9.14. The summed E-state index contributed by atoms with van der Waals surface area (Å²) in [6.07, 6.45) is 6.02. The lowest BCUT2D eigenvalue weighted by Crippen LogP contribution is -2.49. The van der Waals surface area contributed by atoms with Crippen LogP contribution in [0.2, 0.25) is 0 Å². The summed E-state index contributed by atoms with van der Waals surface area (Å²) in [4.78, 5) is 14.0. The van der Waals surface area contributed by atoms with Crippen LogP contribution < -0.4 is 10.5 Å². The van der Waals surface area contributed by atoms with Gasteiger partial charge in [0, 0.05) is 37.8 Å². The van der Waals surface area contributed by atoms with Crippen LogP contribution in [0.15, 0.2) is 54.9 Å². The number of nitrogen functional groups attached to an aromatic ring is 1. The molecule has 0 bridgehead atoms. The molecule has 0 amide bonds. The van der Waals surface area contributed by atoms with Crippen molar-refractivity contribution in [3.63, 3.8) is 0 Å². The first-order chi connectivity index (χ1) is 18.6. The predicted molar refractivity (Wildman–Crippen MR) is 147 cm³/mol. The fourth-order valence-electron chi connectivity index (χ4n) is 5.75. The minimum absolute atomic E-state index is 0.291. The van der Waals surface area contributed by atoms with Crippen molar-refractivity contribution in [1.82, 2.24) is 29.5 Å². The van der Waals surface area contributed by atoms with Gasteiger partial charge in [0.25, 0.3) is 0 Å². The van der Waals surface area contributed by atoms with Crippen LogP contribution in [0, 0.1) is 11.3 Å². The van der Waals surface area contributed by atoms with Crippen LogP contribution in [0.4, 0.5) is 5.82 Å². The van der Waals surface area contributed by atoms with E-state index in [1.165, 1.54) is 19.2 Å². The maximum absolute atomic E-state index is 9.14. The van der Waals surface area contributed by atoms with Crippen molar-refractivity contribution < 1.29 is 4.74 Å². The molecule has 2 fully saturated rings. The highest BCUT2D eigenvalue weighted by atomic mass is 16.5. The number of fused-ring (bicyclic) bond motifs is 1. The summed E-state index contributed by atoms with van der Waals surface area (Å²) < 4.78 is 8.04. The number of anilines is 1. The molecule has 3 heterocycles. The molecule has 0 spiro atoms. The number of benzene rings is 2. The molecule has 0 atom stereocenters. The summed E-state index contributed by atoms with van der Waals surface area (Å²) in [6, 6.07) is 18.0. The van der Waals surface area contributed by atoms with Gasteiger partial charge in [-0.15, -0.1) is 0 Å². The van der Waals surface area contributed by atoms with Gasteiger partial charge in [0.1, 0.15) is 29.3 Å². The van der Waals surface area contributed by atoms with E-state index in [0.717, 1.165) is 61.3 Å². The minimum Gasteiger partial charge on any atom is -0.457 e. The van der Waals surface area contributed by atoms with Crippen LogP contribution in [-0.2, 0) is 0 Å². The number of hydrogen-bond acceptors (Lipinski definition) is 8. The highest BCUT2D eigenvalue weighted by molar-refractivity contribution is 5.98. The van der Waals surface area contributed by atoms with E-state index in [4.69, 9.17) is 20.8 Å². The normalized spacial score (nSPS) is 20.8. The summed E-state index contributed by atoms with van der Waals surface area (Å²) in [5, 5.41) is 15.0. The van der Waals surface area contributed by atoms with Crippen molar-refractivity contribution in [2.75, 3.05) is 39.0 Å². The first-order valence-corrected chi connectivity index (χ1v) is 13.3. The number of likely N-dealkylation sites (N-methyl/N-ethyl adjacent to an activating group) is 1. The average molecular weight is 509 g/mol. The Morgan fingerprint density at radius 1 is 0.921 bits per heavy atom. The Morgan fingerprint density at radius 3 is 2.39 bits per heavy atom. The molecule has 4 aromatic rings. The topological polar surface area (TPSA) is 109 Å². The molecule has 2 aromatic heterocycles. The molecule has 1 aliphatic carbocycles. The van der Waals surface area contributed by atoms with Gasteiger partial charge in [0.2, 0.25) is 0 Å². The molecular weight excluding hydrogens is 476 g/mol. The van der Waals surface area contributed by atoms with Crippen molar-refractivity contribution in [2.45, 2.75) is 37.8 Å². The van der Waals surface area contributed by atoms with Gasteiger partial charge in [0.05, 0.1) is 23.1 Å². The van der Waals surface area contributed by atoms with Gasteiger partial charge in [-0.05, 0) is 75.2 Å². The quantitative estimate of drug-likeness (QED) is 0.421. The molecule has 9 nitrogen and oxygen atoms in total. The first kappa shape index (κ1) is 24.3. The molecule has 6 rings (SSSR count). The molecule has 0 unspecified atom stereocenters. The molecule has 2 aromatic carbocycles. The number of piperazine rings is 1. The van der Waals surface area contributed by atoms with Gasteiger partial charge in [-0.1, -0.05) is 6.07 Å². The predicted octanol–water partition coefficient (Wildman–Crippen LogP) is 4.47. The highest BCUT2D eigenvalue weighted by Crippen LogP contribution is 2.37. The number of nitrogens with two attached hydrogens (primary N) is 1. The second-order valence-electron chi connectivity index (χ2n) is 10.3. The van der Waals surface area contributed by atoms with Gasteiger partial charge in [-0.25, -0.2) is 14.6 Å². The van der Waals surface area contributed by atoms with Crippen molar-refractivity contribution in [1.29, 1.82) is 5.26 Å². The second-order valence-corrected chi connectivity index (χ2v) is 10.3. The molecule has 194 valence electrons. The van der Waals surface area contributed by atoms with E-state index in [1.54, 1.807) is 12.1 Å². The van der Waals surface area contributed by atoms with Crippen molar-refractivity contribution in [3.05, 3.63) is 60.4 Å². The van der Waals surface area contributed by atoms with Crippen molar-refractivity contribution in [2.24, 2.45) is 0 Å². The minimum atomic E-state index is 0.291. The van der Waals surface area contributed by atoms with Crippen LogP contribution in [0.5, 0.6) is 11.5 Å². The molecular formula is C29H32N8O. The molecule has 1 saturated heterocycles. The van der Waals surface area contributed by atoms with Crippen molar-refractivity contribution >= 4 is 16.9 Å². The van der Waals surface area contributed by atoms with Crippen LogP contribution in [0.3, 0.4) is 0 Å². The summed E-state index contributed by atoms with van der Waals surface area (Å²) in [6.45, 7) is 4.63. The molecule has 9 heteroatoms. The van der Waals surface area contributed by atoms with Crippen LogP contribution in [-0.4, -0.2) is 68.8 Å². The molecule has 1 aliphatic heterocycles. The molecule has 0 radical (unpaired) electrons. The Morgan fingerprint density at radius 2 is 1.66 bits per heavy atom. The van der Waals surface area contributed by atoms with E-state index in [9.17, 15) is 0 Å².